The van der Waals surface area contributed by atoms with Crippen molar-refractivity contribution in [3.63, 3.8) is 0 Å². The van der Waals surface area contributed by atoms with Crippen molar-refractivity contribution < 1.29 is 4.39 Å². The fourth-order valence-corrected chi connectivity index (χ4v) is 3.32. The van der Waals surface area contributed by atoms with Crippen LogP contribution in [-0.2, 0) is 0 Å². The van der Waals surface area contributed by atoms with E-state index in [9.17, 15) is 4.39 Å². The second kappa shape index (κ2) is 5.76. The van der Waals surface area contributed by atoms with E-state index in [2.05, 4.69) is 57.8 Å². The Morgan fingerprint density at radius 3 is 2.26 bits per heavy atom. The summed E-state index contributed by atoms with van der Waals surface area (Å²) in [4.78, 5) is 0.0820. The van der Waals surface area contributed by atoms with Crippen LogP contribution in [-0.4, -0.2) is 0 Å². The van der Waals surface area contributed by atoms with Crippen molar-refractivity contribution in [1.29, 1.82) is 0 Å². The first-order valence-corrected chi connectivity index (χ1v) is 7.77. The Balaban J connectivity index is 2.46. The normalized spacial score (nSPS) is 12.5. The molecule has 0 nitrogen and oxygen atoms in total. The molecule has 2 aromatic rings. The van der Waals surface area contributed by atoms with Crippen LogP contribution in [0.2, 0.25) is 0 Å². The molecule has 0 heterocycles. The minimum absolute atomic E-state index is 0.0820. The van der Waals surface area contributed by atoms with Gasteiger partial charge in [-0.1, -0.05) is 50.1 Å². The van der Waals surface area contributed by atoms with Gasteiger partial charge in [0.2, 0.25) is 0 Å². The van der Waals surface area contributed by atoms with E-state index < -0.39 is 0 Å². The molecule has 3 heteroatoms. The minimum Gasteiger partial charge on any atom is -0.207 e. The highest BCUT2D eigenvalue weighted by atomic mass is 79.9. The lowest BCUT2D eigenvalue weighted by Crippen LogP contribution is -1.98. The van der Waals surface area contributed by atoms with Crippen LogP contribution >= 0.6 is 31.9 Å². The molecule has 0 aliphatic rings. The van der Waals surface area contributed by atoms with Gasteiger partial charge in [0.25, 0.3) is 0 Å². The van der Waals surface area contributed by atoms with E-state index in [0.717, 1.165) is 10.0 Å². The minimum atomic E-state index is -0.160. The van der Waals surface area contributed by atoms with Crippen LogP contribution in [0.5, 0.6) is 0 Å². The second-order valence-corrected chi connectivity index (χ2v) is 6.60. The molecule has 0 saturated heterocycles. The Kier molecular flexibility index (Phi) is 4.46. The molecular formula is C16H15Br2F. The first-order valence-electron chi connectivity index (χ1n) is 6.07. The van der Waals surface area contributed by atoms with E-state index in [1.807, 2.05) is 12.1 Å². The van der Waals surface area contributed by atoms with Gasteiger partial charge in [-0.15, -0.1) is 0 Å². The van der Waals surface area contributed by atoms with Crippen LogP contribution in [0.15, 0.2) is 34.8 Å². The first kappa shape index (κ1) is 14.7. The molecule has 0 fully saturated rings. The summed E-state index contributed by atoms with van der Waals surface area (Å²) in [6, 6.07) is 9.54. The third kappa shape index (κ3) is 3.09. The van der Waals surface area contributed by atoms with Gasteiger partial charge in [0.15, 0.2) is 0 Å². The van der Waals surface area contributed by atoms with Crippen LogP contribution in [0.4, 0.5) is 4.39 Å². The van der Waals surface area contributed by atoms with Gasteiger partial charge in [-0.3, -0.25) is 0 Å². The zero-order chi connectivity index (χ0) is 14.2. The molecule has 19 heavy (non-hydrogen) atoms. The van der Waals surface area contributed by atoms with Gasteiger partial charge in [-0.05, 0) is 60.7 Å². The molecular weight excluding hydrogens is 371 g/mol. The number of benzene rings is 2. The van der Waals surface area contributed by atoms with Gasteiger partial charge in [0.1, 0.15) is 5.82 Å². The number of aryl methyl sites for hydroxylation is 3. The highest BCUT2D eigenvalue weighted by Gasteiger charge is 2.15. The van der Waals surface area contributed by atoms with Crippen LogP contribution in [0.1, 0.15) is 32.6 Å². The molecule has 0 radical (unpaired) electrons. The summed E-state index contributed by atoms with van der Waals surface area (Å²) in [7, 11) is 0. The molecule has 1 atom stereocenters. The van der Waals surface area contributed by atoms with Gasteiger partial charge >= 0.3 is 0 Å². The number of halogens is 3. The van der Waals surface area contributed by atoms with Crippen molar-refractivity contribution in [2.75, 3.05) is 0 Å². The standard InChI is InChI=1S/C16H15Br2F/c1-9-8-14(17)10(2)7-13(9)16(18)12-4-5-15(19)11(3)6-12/h4-8,16H,1-3H3. The average Bonchev–Trinajstić information content (AvgIpc) is 2.36. The SMILES string of the molecule is Cc1cc(C(Br)c2cc(C)c(Br)cc2C)ccc1F. The van der Waals surface area contributed by atoms with Crippen molar-refractivity contribution in [2.45, 2.75) is 25.6 Å². The molecule has 0 amide bonds. The first-order chi connectivity index (χ1) is 8.90. The van der Waals surface area contributed by atoms with Crippen molar-refractivity contribution >= 4 is 31.9 Å². The maximum absolute atomic E-state index is 13.3. The van der Waals surface area contributed by atoms with Crippen LogP contribution in [0, 0.1) is 26.6 Å². The second-order valence-electron chi connectivity index (χ2n) is 4.83. The van der Waals surface area contributed by atoms with E-state index in [0.29, 0.717) is 5.56 Å². The highest BCUT2D eigenvalue weighted by molar-refractivity contribution is 9.10. The quantitative estimate of drug-likeness (QED) is 0.556. The maximum Gasteiger partial charge on any atom is 0.126 e. The number of rotatable bonds is 2. The number of hydrogen-bond acceptors (Lipinski definition) is 0. The predicted octanol–water partition coefficient (Wildman–Crippen LogP) is 6.00. The molecule has 0 aliphatic heterocycles. The van der Waals surface area contributed by atoms with Crippen molar-refractivity contribution in [2.24, 2.45) is 0 Å². The molecule has 0 spiro atoms. The largest absolute Gasteiger partial charge is 0.207 e. The Morgan fingerprint density at radius 1 is 0.947 bits per heavy atom. The summed E-state index contributed by atoms with van der Waals surface area (Å²) in [6.07, 6.45) is 0. The molecule has 1 unspecified atom stereocenters. The topological polar surface area (TPSA) is 0 Å². The van der Waals surface area contributed by atoms with E-state index in [1.54, 1.807) is 6.92 Å². The monoisotopic (exact) mass is 384 g/mol. The zero-order valence-electron chi connectivity index (χ0n) is 11.1. The average molecular weight is 386 g/mol. The summed E-state index contributed by atoms with van der Waals surface area (Å²) in [5, 5.41) is 0. The smallest absolute Gasteiger partial charge is 0.126 e. The molecule has 0 aromatic heterocycles. The third-order valence-corrected chi connectivity index (χ3v) is 5.17. The lowest BCUT2D eigenvalue weighted by Gasteiger charge is -2.16. The molecule has 0 N–H and O–H groups in total. The van der Waals surface area contributed by atoms with Crippen LogP contribution < -0.4 is 0 Å². The third-order valence-electron chi connectivity index (χ3n) is 3.30. The lowest BCUT2D eigenvalue weighted by molar-refractivity contribution is 0.617. The van der Waals surface area contributed by atoms with Crippen molar-refractivity contribution in [3.8, 4) is 0 Å². The van der Waals surface area contributed by atoms with Crippen LogP contribution in [0.25, 0.3) is 0 Å². The zero-order valence-corrected chi connectivity index (χ0v) is 14.3. The van der Waals surface area contributed by atoms with Gasteiger partial charge < -0.3 is 0 Å². The molecule has 2 aromatic carbocycles. The van der Waals surface area contributed by atoms with E-state index in [1.165, 1.54) is 22.8 Å². The van der Waals surface area contributed by atoms with E-state index >= 15 is 0 Å². The van der Waals surface area contributed by atoms with Crippen molar-refractivity contribution in [3.05, 3.63) is 68.4 Å². The Morgan fingerprint density at radius 2 is 1.63 bits per heavy atom. The van der Waals surface area contributed by atoms with Crippen molar-refractivity contribution in [1.82, 2.24) is 0 Å². The summed E-state index contributed by atoms with van der Waals surface area (Å²) in [5.74, 6) is -0.160. The summed E-state index contributed by atoms with van der Waals surface area (Å²) in [5.41, 5.74) is 5.37. The fraction of sp³-hybridized carbons (Fsp3) is 0.250. The van der Waals surface area contributed by atoms with E-state index in [4.69, 9.17) is 0 Å². The predicted molar refractivity (Wildman–Crippen MR) is 85.5 cm³/mol. The Bertz CT molecular complexity index is 620. The molecule has 0 aliphatic carbocycles. The summed E-state index contributed by atoms with van der Waals surface area (Å²) >= 11 is 7.27. The highest BCUT2D eigenvalue weighted by Crippen LogP contribution is 2.35. The summed E-state index contributed by atoms with van der Waals surface area (Å²) < 4.78 is 14.5. The van der Waals surface area contributed by atoms with Gasteiger partial charge in [0, 0.05) is 4.47 Å². The molecule has 0 saturated carbocycles. The van der Waals surface area contributed by atoms with Gasteiger partial charge in [-0.2, -0.15) is 0 Å². The fourth-order valence-electron chi connectivity index (χ4n) is 2.08. The molecule has 100 valence electrons. The van der Waals surface area contributed by atoms with E-state index in [-0.39, 0.29) is 10.6 Å². The Labute approximate surface area is 130 Å². The van der Waals surface area contributed by atoms with Gasteiger partial charge in [0.05, 0.1) is 4.83 Å². The molecule has 2 rings (SSSR count). The maximum atomic E-state index is 13.3. The summed E-state index contributed by atoms with van der Waals surface area (Å²) in [6.45, 7) is 5.95. The number of hydrogen-bond donors (Lipinski definition) is 0. The van der Waals surface area contributed by atoms with Gasteiger partial charge in [-0.25, -0.2) is 4.39 Å². The lowest BCUT2D eigenvalue weighted by atomic mass is 9.97. The molecule has 0 bridgehead atoms. The van der Waals surface area contributed by atoms with Crippen LogP contribution in [0.3, 0.4) is 0 Å². The number of alkyl halides is 1. The Hall–Kier alpha value is -0.670.